The fourth-order valence-corrected chi connectivity index (χ4v) is 2.71. The molecule has 1 saturated heterocycles. The molecule has 0 bridgehead atoms. The van der Waals surface area contributed by atoms with Crippen LogP contribution in [0.3, 0.4) is 0 Å². The van der Waals surface area contributed by atoms with Crippen molar-refractivity contribution < 1.29 is 14.3 Å². The second-order valence-electron chi connectivity index (χ2n) is 6.28. The Hall–Kier alpha value is -1.86. The van der Waals surface area contributed by atoms with Crippen molar-refractivity contribution in [1.29, 1.82) is 0 Å². The number of hydrogen-bond acceptors (Lipinski definition) is 5. The number of anilines is 1. The summed E-state index contributed by atoms with van der Waals surface area (Å²) >= 11 is 0. The summed E-state index contributed by atoms with van der Waals surface area (Å²) in [4.78, 5) is 16.4. The molecule has 0 spiro atoms. The number of aromatic nitrogens is 1. The number of aryl methyl sites for hydroxylation is 2. The molecular formula is C19H25Cl2N3O3. The van der Waals surface area contributed by atoms with Gasteiger partial charge in [0.1, 0.15) is 11.9 Å². The van der Waals surface area contributed by atoms with Crippen molar-refractivity contribution in [1.82, 2.24) is 4.98 Å². The lowest BCUT2D eigenvalue weighted by Crippen LogP contribution is -2.29. The van der Waals surface area contributed by atoms with E-state index in [0.29, 0.717) is 24.5 Å². The van der Waals surface area contributed by atoms with Gasteiger partial charge in [-0.05, 0) is 56.0 Å². The third-order valence-electron chi connectivity index (χ3n) is 4.37. The van der Waals surface area contributed by atoms with Gasteiger partial charge in [-0.25, -0.2) is 4.98 Å². The molecule has 2 heterocycles. The van der Waals surface area contributed by atoms with Gasteiger partial charge in [0.25, 0.3) is 5.91 Å². The lowest BCUT2D eigenvalue weighted by molar-refractivity contribution is -0.126. The SMILES string of the molecule is Cc1ccc(Oc2ccc(NC(=O)[C@@H]3CC[C@H](CN)O3)cn2)cc1C.Cl.Cl. The Balaban J connectivity index is 0.00000182. The van der Waals surface area contributed by atoms with E-state index in [-0.39, 0.29) is 36.8 Å². The summed E-state index contributed by atoms with van der Waals surface area (Å²) in [5.41, 5.74) is 8.55. The molecule has 6 nitrogen and oxygen atoms in total. The minimum Gasteiger partial charge on any atom is -0.439 e. The first-order valence-electron chi connectivity index (χ1n) is 8.42. The minimum atomic E-state index is -0.444. The molecule has 27 heavy (non-hydrogen) atoms. The standard InChI is InChI=1S/C19H23N3O3.2ClH/c1-12-3-5-15(9-13(12)2)25-18-8-4-14(11-21-18)22-19(23)17-7-6-16(10-20)24-17;;/h3-5,8-9,11,16-17H,6-7,10,20H2,1-2H3,(H,22,23);2*1H/t16-,17+;;/m1../s1. The van der Waals surface area contributed by atoms with Crippen molar-refractivity contribution in [2.24, 2.45) is 5.73 Å². The summed E-state index contributed by atoms with van der Waals surface area (Å²) in [6.45, 7) is 4.53. The Morgan fingerprint density at radius 2 is 2.00 bits per heavy atom. The molecule has 3 rings (SSSR count). The summed E-state index contributed by atoms with van der Waals surface area (Å²) in [5, 5.41) is 2.81. The maximum absolute atomic E-state index is 12.2. The average molecular weight is 414 g/mol. The smallest absolute Gasteiger partial charge is 0.253 e. The van der Waals surface area contributed by atoms with Gasteiger partial charge in [0.05, 0.1) is 18.0 Å². The largest absolute Gasteiger partial charge is 0.439 e. The van der Waals surface area contributed by atoms with Gasteiger partial charge in [0.15, 0.2) is 0 Å². The van der Waals surface area contributed by atoms with E-state index in [9.17, 15) is 4.79 Å². The highest BCUT2D eigenvalue weighted by molar-refractivity contribution is 5.94. The first kappa shape index (κ1) is 23.2. The van der Waals surface area contributed by atoms with E-state index in [2.05, 4.69) is 17.2 Å². The monoisotopic (exact) mass is 413 g/mol. The van der Waals surface area contributed by atoms with Crippen LogP contribution in [0.5, 0.6) is 11.6 Å². The number of nitrogens with zero attached hydrogens (tertiary/aromatic N) is 1. The summed E-state index contributed by atoms with van der Waals surface area (Å²) in [6.07, 6.45) is 2.61. The number of nitrogens with one attached hydrogen (secondary N) is 1. The first-order valence-corrected chi connectivity index (χ1v) is 8.42. The molecule has 1 fully saturated rings. The number of pyridine rings is 1. The fraction of sp³-hybridized carbons (Fsp3) is 0.368. The van der Waals surface area contributed by atoms with Crippen molar-refractivity contribution in [3.63, 3.8) is 0 Å². The molecule has 3 N–H and O–H groups in total. The van der Waals surface area contributed by atoms with Crippen LogP contribution in [0.15, 0.2) is 36.5 Å². The van der Waals surface area contributed by atoms with Crippen LogP contribution in [0.1, 0.15) is 24.0 Å². The third kappa shape index (κ3) is 6.07. The molecule has 0 aliphatic carbocycles. The number of carbonyl (C=O) groups is 1. The van der Waals surface area contributed by atoms with Crippen LogP contribution in [-0.4, -0.2) is 29.6 Å². The number of nitrogens with two attached hydrogens (primary N) is 1. The van der Waals surface area contributed by atoms with E-state index in [0.717, 1.165) is 17.7 Å². The molecular weight excluding hydrogens is 389 g/mol. The van der Waals surface area contributed by atoms with Gasteiger partial charge in [-0.1, -0.05) is 6.07 Å². The first-order chi connectivity index (χ1) is 12.0. The molecule has 0 saturated carbocycles. The maximum atomic E-state index is 12.2. The summed E-state index contributed by atoms with van der Waals surface area (Å²) in [7, 11) is 0. The number of ether oxygens (including phenoxy) is 2. The number of rotatable bonds is 5. The molecule has 1 aliphatic heterocycles. The zero-order valence-corrected chi connectivity index (χ0v) is 16.9. The average Bonchev–Trinajstić information content (AvgIpc) is 3.09. The van der Waals surface area contributed by atoms with Gasteiger partial charge >= 0.3 is 0 Å². The lowest BCUT2D eigenvalue weighted by Gasteiger charge is -2.13. The Morgan fingerprint density at radius 3 is 2.59 bits per heavy atom. The molecule has 1 aromatic heterocycles. The van der Waals surface area contributed by atoms with Crippen molar-refractivity contribution >= 4 is 36.4 Å². The van der Waals surface area contributed by atoms with Crippen molar-refractivity contribution in [2.75, 3.05) is 11.9 Å². The molecule has 0 radical (unpaired) electrons. The quantitative estimate of drug-likeness (QED) is 0.778. The molecule has 148 valence electrons. The second kappa shape index (κ2) is 10.5. The number of carbonyl (C=O) groups excluding carboxylic acids is 1. The zero-order chi connectivity index (χ0) is 17.8. The van der Waals surface area contributed by atoms with Gasteiger partial charge in [0, 0.05) is 12.6 Å². The number of hydrogen-bond donors (Lipinski definition) is 2. The van der Waals surface area contributed by atoms with Crippen molar-refractivity contribution in [3.05, 3.63) is 47.7 Å². The number of amides is 1. The van der Waals surface area contributed by atoms with E-state index in [1.165, 1.54) is 5.56 Å². The molecule has 8 heteroatoms. The normalized spacial score (nSPS) is 18.2. The van der Waals surface area contributed by atoms with Crippen LogP contribution in [-0.2, 0) is 9.53 Å². The van der Waals surface area contributed by atoms with Gasteiger partial charge in [-0.15, -0.1) is 24.8 Å². The van der Waals surface area contributed by atoms with E-state index < -0.39 is 6.10 Å². The summed E-state index contributed by atoms with van der Waals surface area (Å²) < 4.78 is 11.3. The molecule has 1 aromatic carbocycles. The Bertz CT molecular complexity index is 756. The number of benzene rings is 1. The topological polar surface area (TPSA) is 86.5 Å². The van der Waals surface area contributed by atoms with Gasteiger partial charge in [-0.2, -0.15) is 0 Å². The molecule has 2 atom stereocenters. The highest BCUT2D eigenvalue weighted by Crippen LogP contribution is 2.24. The summed E-state index contributed by atoms with van der Waals surface area (Å²) in [5.74, 6) is 1.04. The zero-order valence-electron chi connectivity index (χ0n) is 15.3. The van der Waals surface area contributed by atoms with E-state index in [1.807, 2.05) is 25.1 Å². The summed E-state index contributed by atoms with van der Waals surface area (Å²) in [6, 6.07) is 9.37. The maximum Gasteiger partial charge on any atom is 0.253 e. The molecule has 1 amide bonds. The van der Waals surface area contributed by atoms with Crippen LogP contribution in [0.25, 0.3) is 0 Å². The minimum absolute atomic E-state index is 0. The van der Waals surface area contributed by atoms with Crippen LogP contribution >= 0.6 is 24.8 Å². The second-order valence-corrected chi connectivity index (χ2v) is 6.28. The van der Waals surface area contributed by atoms with Gasteiger partial charge in [0.2, 0.25) is 5.88 Å². The Labute approximate surface area is 171 Å². The van der Waals surface area contributed by atoms with Crippen molar-refractivity contribution in [2.45, 2.75) is 38.9 Å². The number of halogens is 2. The van der Waals surface area contributed by atoms with E-state index >= 15 is 0 Å². The molecule has 0 unspecified atom stereocenters. The lowest BCUT2D eigenvalue weighted by atomic mass is 10.1. The third-order valence-corrected chi connectivity index (χ3v) is 4.37. The van der Waals surface area contributed by atoms with Crippen molar-refractivity contribution in [3.8, 4) is 11.6 Å². The fourth-order valence-electron chi connectivity index (χ4n) is 2.71. The van der Waals surface area contributed by atoms with E-state index in [4.69, 9.17) is 15.2 Å². The molecule has 2 aromatic rings. The van der Waals surface area contributed by atoms with Crippen LogP contribution in [0, 0.1) is 13.8 Å². The Kier molecular flexibility index (Phi) is 8.99. The highest BCUT2D eigenvalue weighted by Gasteiger charge is 2.29. The highest BCUT2D eigenvalue weighted by atomic mass is 35.5. The predicted octanol–water partition coefficient (Wildman–Crippen LogP) is 3.78. The van der Waals surface area contributed by atoms with Crippen LogP contribution < -0.4 is 15.8 Å². The molecule has 1 aliphatic rings. The van der Waals surface area contributed by atoms with Gasteiger partial charge in [-0.3, -0.25) is 4.79 Å². The van der Waals surface area contributed by atoms with Gasteiger partial charge < -0.3 is 20.5 Å². The predicted molar refractivity (Wildman–Crippen MR) is 110 cm³/mol. The Morgan fingerprint density at radius 1 is 1.22 bits per heavy atom. The van der Waals surface area contributed by atoms with E-state index in [1.54, 1.807) is 18.3 Å². The van der Waals surface area contributed by atoms with Crippen LogP contribution in [0.4, 0.5) is 5.69 Å². The van der Waals surface area contributed by atoms with Crippen LogP contribution in [0.2, 0.25) is 0 Å².